The highest BCUT2D eigenvalue weighted by Gasteiger charge is 2.12. The summed E-state index contributed by atoms with van der Waals surface area (Å²) in [6.45, 7) is 1.39. The van der Waals surface area contributed by atoms with E-state index in [1.165, 1.54) is 25.1 Å². The minimum absolute atomic E-state index is 0.152. The molecule has 0 saturated carbocycles. The summed E-state index contributed by atoms with van der Waals surface area (Å²) < 4.78 is 13.6. The number of rotatable bonds is 4. The smallest absolute Gasteiger partial charge is 0.228 e. The summed E-state index contributed by atoms with van der Waals surface area (Å²) in [6, 6.07) is 10.9. The molecule has 2 aromatic rings. The molecular formula is C16H14ClFN2O2. The third-order valence-corrected chi connectivity index (χ3v) is 3.22. The molecule has 2 N–H and O–H groups in total. The van der Waals surface area contributed by atoms with Gasteiger partial charge < -0.3 is 10.6 Å². The van der Waals surface area contributed by atoms with Gasteiger partial charge in [0.15, 0.2) is 0 Å². The first kappa shape index (κ1) is 16.0. The van der Waals surface area contributed by atoms with Gasteiger partial charge >= 0.3 is 0 Å². The Morgan fingerprint density at radius 1 is 1.09 bits per heavy atom. The van der Waals surface area contributed by atoms with Gasteiger partial charge in [-0.3, -0.25) is 9.59 Å². The quantitative estimate of drug-likeness (QED) is 0.904. The van der Waals surface area contributed by atoms with Crippen LogP contribution in [0.2, 0.25) is 5.02 Å². The van der Waals surface area contributed by atoms with E-state index >= 15 is 0 Å². The summed E-state index contributed by atoms with van der Waals surface area (Å²) >= 11 is 5.89. The Balaban J connectivity index is 2.08. The van der Waals surface area contributed by atoms with Gasteiger partial charge in [0, 0.05) is 28.9 Å². The number of hydrogen-bond donors (Lipinski definition) is 2. The van der Waals surface area contributed by atoms with E-state index in [9.17, 15) is 14.0 Å². The van der Waals surface area contributed by atoms with Crippen LogP contribution in [0, 0.1) is 5.82 Å². The van der Waals surface area contributed by atoms with Crippen LogP contribution in [-0.4, -0.2) is 11.8 Å². The summed E-state index contributed by atoms with van der Waals surface area (Å²) in [5.74, 6) is -1.12. The lowest BCUT2D eigenvalue weighted by atomic mass is 10.1. The topological polar surface area (TPSA) is 58.2 Å². The highest BCUT2D eigenvalue weighted by atomic mass is 35.5. The Hall–Kier alpha value is -2.40. The van der Waals surface area contributed by atoms with Gasteiger partial charge in [0.2, 0.25) is 11.8 Å². The molecule has 0 heterocycles. The van der Waals surface area contributed by atoms with Crippen LogP contribution >= 0.6 is 11.6 Å². The van der Waals surface area contributed by atoms with E-state index in [-0.39, 0.29) is 22.9 Å². The number of benzene rings is 2. The Bertz CT molecular complexity index is 699. The maximum absolute atomic E-state index is 13.6. The van der Waals surface area contributed by atoms with E-state index in [0.29, 0.717) is 11.4 Å². The van der Waals surface area contributed by atoms with Gasteiger partial charge in [0.1, 0.15) is 5.82 Å². The van der Waals surface area contributed by atoms with Crippen molar-refractivity contribution in [1.82, 2.24) is 0 Å². The number of carbonyl (C=O) groups is 2. The molecule has 0 aliphatic rings. The van der Waals surface area contributed by atoms with Crippen molar-refractivity contribution < 1.29 is 14.0 Å². The van der Waals surface area contributed by atoms with Gasteiger partial charge in [-0.15, -0.1) is 0 Å². The Morgan fingerprint density at radius 2 is 1.73 bits per heavy atom. The molecule has 4 nitrogen and oxygen atoms in total. The fraction of sp³-hybridized carbons (Fsp3) is 0.125. The molecule has 0 aromatic heterocycles. The van der Waals surface area contributed by atoms with E-state index in [2.05, 4.69) is 10.6 Å². The van der Waals surface area contributed by atoms with E-state index in [4.69, 9.17) is 11.6 Å². The van der Waals surface area contributed by atoms with Crippen molar-refractivity contribution in [1.29, 1.82) is 0 Å². The number of hydrogen-bond acceptors (Lipinski definition) is 2. The molecule has 2 amide bonds. The summed E-state index contributed by atoms with van der Waals surface area (Å²) in [7, 11) is 0. The third-order valence-electron chi connectivity index (χ3n) is 2.87. The monoisotopic (exact) mass is 320 g/mol. The predicted octanol–water partition coefficient (Wildman–Crippen LogP) is 3.62. The van der Waals surface area contributed by atoms with Gasteiger partial charge in [-0.05, 0) is 30.3 Å². The van der Waals surface area contributed by atoms with Gasteiger partial charge in [0.25, 0.3) is 0 Å². The highest BCUT2D eigenvalue weighted by Crippen LogP contribution is 2.20. The summed E-state index contributed by atoms with van der Waals surface area (Å²) in [5, 5.41) is 5.47. The normalized spacial score (nSPS) is 10.1. The van der Waals surface area contributed by atoms with Crippen molar-refractivity contribution in [2.24, 2.45) is 0 Å². The van der Waals surface area contributed by atoms with Gasteiger partial charge in [0.05, 0.1) is 6.42 Å². The molecule has 2 aromatic carbocycles. The zero-order chi connectivity index (χ0) is 16.1. The van der Waals surface area contributed by atoms with E-state index in [1.54, 1.807) is 24.3 Å². The SMILES string of the molecule is CC(=O)Nc1cccc(NC(=O)Cc2c(F)cccc2Cl)c1. The number of anilines is 2. The van der Waals surface area contributed by atoms with Crippen LogP contribution < -0.4 is 10.6 Å². The molecule has 2 rings (SSSR count). The zero-order valence-corrected chi connectivity index (χ0v) is 12.6. The second-order valence-corrected chi connectivity index (χ2v) is 5.09. The fourth-order valence-electron chi connectivity index (χ4n) is 1.94. The van der Waals surface area contributed by atoms with Crippen molar-refractivity contribution in [3.63, 3.8) is 0 Å². The van der Waals surface area contributed by atoms with Crippen molar-refractivity contribution in [2.45, 2.75) is 13.3 Å². The van der Waals surface area contributed by atoms with E-state index in [0.717, 1.165) is 0 Å². The van der Waals surface area contributed by atoms with E-state index < -0.39 is 11.7 Å². The van der Waals surface area contributed by atoms with Crippen molar-refractivity contribution >= 4 is 34.8 Å². The minimum Gasteiger partial charge on any atom is -0.326 e. The molecule has 0 aliphatic heterocycles. The molecule has 0 aliphatic carbocycles. The molecule has 114 valence electrons. The second-order valence-electron chi connectivity index (χ2n) is 4.69. The molecule has 0 fully saturated rings. The molecule has 0 saturated heterocycles. The van der Waals surface area contributed by atoms with Crippen molar-refractivity contribution in [3.05, 3.63) is 58.9 Å². The zero-order valence-electron chi connectivity index (χ0n) is 11.8. The number of carbonyl (C=O) groups excluding carboxylic acids is 2. The molecule has 0 spiro atoms. The Labute approximate surface area is 132 Å². The van der Waals surface area contributed by atoms with Gasteiger partial charge in [-0.2, -0.15) is 0 Å². The summed E-state index contributed by atoms with van der Waals surface area (Å²) in [4.78, 5) is 23.0. The van der Waals surface area contributed by atoms with Crippen LogP contribution in [0.25, 0.3) is 0 Å². The molecule has 0 atom stereocenters. The largest absolute Gasteiger partial charge is 0.326 e. The molecule has 6 heteroatoms. The van der Waals surface area contributed by atoms with Gasteiger partial charge in [-0.1, -0.05) is 23.7 Å². The number of halogens is 2. The molecular weight excluding hydrogens is 307 g/mol. The van der Waals surface area contributed by atoms with Crippen LogP contribution in [0.3, 0.4) is 0 Å². The maximum Gasteiger partial charge on any atom is 0.228 e. The van der Waals surface area contributed by atoms with E-state index in [1.807, 2.05) is 0 Å². The van der Waals surface area contributed by atoms with Crippen LogP contribution in [0.4, 0.5) is 15.8 Å². The Kier molecular flexibility index (Phi) is 5.12. The molecule has 0 radical (unpaired) electrons. The lowest BCUT2D eigenvalue weighted by Gasteiger charge is -2.09. The first-order valence-corrected chi connectivity index (χ1v) is 6.94. The average Bonchev–Trinajstić information content (AvgIpc) is 2.42. The third kappa shape index (κ3) is 4.30. The molecule has 0 bridgehead atoms. The van der Waals surface area contributed by atoms with Crippen LogP contribution in [0.5, 0.6) is 0 Å². The van der Waals surface area contributed by atoms with Crippen molar-refractivity contribution in [2.75, 3.05) is 10.6 Å². The predicted molar refractivity (Wildman–Crippen MR) is 84.5 cm³/mol. The molecule has 0 unspecified atom stereocenters. The van der Waals surface area contributed by atoms with Crippen LogP contribution in [0.15, 0.2) is 42.5 Å². The maximum atomic E-state index is 13.6. The fourth-order valence-corrected chi connectivity index (χ4v) is 2.17. The number of nitrogens with one attached hydrogen (secondary N) is 2. The van der Waals surface area contributed by atoms with Crippen LogP contribution in [-0.2, 0) is 16.0 Å². The summed E-state index contributed by atoms with van der Waals surface area (Å²) in [6.07, 6.45) is -0.171. The molecule has 22 heavy (non-hydrogen) atoms. The minimum atomic E-state index is -0.519. The lowest BCUT2D eigenvalue weighted by molar-refractivity contribution is -0.116. The average molecular weight is 321 g/mol. The summed E-state index contributed by atoms with van der Waals surface area (Å²) in [5.41, 5.74) is 1.22. The van der Waals surface area contributed by atoms with Gasteiger partial charge in [-0.25, -0.2) is 4.39 Å². The highest BCUT2D eigenvalue weighted by molar-refractivity contribution is 6.31. The van der Waals surface area contributed by atoms with Crippen molar-refractivity contribution in [3.8, 4) is 0 Å². The number of amides is 2. The standard InChI is InChI=1S/C16H14ClFN2O2/c1-10(21)19-11-4-2-5-12(8-11)20-16(22)9-13-14(17)6-3-7-15(13)18/h2-8H,9H2,1H3,(H,19,21)(H,20,22). The second kappa shape index (κ2) is 7.04. The Morgan fingerprint density at radius 3 is 2.36 bits per heavy atom. The lowest BCUT2D eigenvalue weighted by Crippen LogP contribution is -2.16. The van der Waals surface area contributed by atoms with Crippen LogP contribution in [0.1, 0.15) is 12.5 Å². The first-order chi connectivity index (χ1) is 10.5. The first-order valence-electron chi connectivity index (χ1n) is 6.56.